The zero-order valence-electron chi connectivity index (χ0n) is 23.1. The van der Waals surface area contributed by atoms with Crippen LogP contribution >= 0.6 is 7.60 Å². The molecule has 0 aromatic heterocycles. The molecule has 3 amide bonds. The minimum Gasteiger partial charge on any atom is -0.352 e. The molecule has 2 unspecified atom stereocenters. The third kappa shape index (κ3) is 5.72. The number of likely N-dealkylation sites (tertiary alicyclic amines) is 1. The summed E-state index contributed by atoms with van der Waals surface area (Å²) in [5.41, 5.74) is 1.70. The molecular weight excluding hydrogens is 531 g/mol. The van der Waals surface area contributed by atoms with Crippen molar-refractivity contribution >= 4 is 25.3 Å². The summed E-state index contributed by atoms with van der Waals surface area (Å²) in [6.45, 7) is 5.79. The third-order valence-corrected chi connectivity index (χ3v) is 9.53. The van der Waals surface area contributed by atoms with Gasteiger partial charge in [0.2, 0.25) is 5.91 Å². The number of amides is 3. The van der Waals surface area contributed by atoms with Gasteiger partial charge in [-0.3, -0.25) is 18.9 Å². The quantitative estimate of drug-likeness (QED) is 0.276. The molecule has 2 aliphatic rings. The molecule has 0 bridgehead atoms. The first-order valence-electron chi connectivity index (χ1n) is 14.0. The van der Waals surface area contributed by atoms with E-state index in [2.05, 4.69) is 16.0 Å². The highest BCUT2D eigenvalue weighted by Gasteiger charge is 2.63. The SMILES string of the molecule is CCCNC(=O)c1ccc(C2CCN(C(=O)[C@@H]3CCCN3)C2(c2ccc(C(=O)NCCC)cc2)P(=O)(O)O)cc1. The molecule has 5 N–H and O–H groups in total. The Labute approximate surface area is 235 Å². The van der Waals surface area contributed by atoms with Crippen molar-refractivity contribution in [2.24, 2.45) is 0 Å². The van der Waals surface area contributed by atoms with Crippen LogP contribution in [0.25, 0.3) is 0 Å². The number of hydrogen-bond acceptors (Lipinski definition) is 5. The lowest BCUT2D eigenvalue weighted by atomic mass is 9.85. The Balaban J connectivity index is 1.80. The minimum absolute atomic E-state index is 0.157. The highest BCUT2D eigenvalue weighted by atomic mass is 31.2. The van der Waals surface area contributed by atoms with Crippen molar-refractivity contribution < 1.29 is 28.7 Å². The van der Waals surface area contributed by atoms with Crippen molar-refractivity contribution in [2.45, 2.75) is 63.2 Å². The van der Waals surface area contributed by atoms with Gasteiger partial charge in [-0.25, -0.2) is 0 Å². The van der Waals surface area contributed by atoms with Crippen molar-refractivity contribution in [3.8, 4) is 0 Å². The number of carbonyl (C=O) groups excluding carboxylic acids is 3. The Morgan fingerprint density at radius 2 is 1.48 bits per heavy atom. The molecule has 2 saturated heterocycles. The molecule has 3 atom stereocenters. The Hall–Kier alpha value is -3.04. The lowest BCUT2D eigenvalue weighted by Gasteiger charge is -2.44. The van der Waals surface area contributed by atoms with Gasteiger partial charge in [-0.2, -0.15) is 0 Å². The normalized spacial score (nSPS) is 22.8. The first-order chi connectivity index (χ1) is 19.1. The molecular formula is C29H39N4O6P. The monoisotopic (exact) mass is 570 g/mol. The van der Waals surface area contributed by atoms with E-state index in [0.717, 1.165) is 19.3 Å². The first kappa shape index (κ1) is 29.9. The second-order valence-corrected chi connectivity index (χ2v) is 12.2. The Morgan fingerprint density at radius 3 is 1.95 bits per heavy atom. The zero-order valence-corrected chi connectivity index (χ0v) is 24.0. The smallest absolute Gasteiger partial charge is 0.352 e. The van der Waals surface area contributed by atoms with Gasteiger partial charge in [0, 0.05) is 36.7 Å². The van der Waals surface area contributed by atoms with Gasteiger partial charge in [0.25, 0.3) is 11.8 Å². The molecule has 2 aromatic rings. The van der Waals surface area contributed by atoms with Gasteiger partial charge in [0.05, 0.1) is 6.04 Å². The predicted molar refractivity (Wildman–Crippen MR) is 152 cm³/mol. The summed E-state index contributed by atoms with van der Waals surface area (Å²) < 4.78 is 13.7. The van der Waals surface area contributed by atoms with Crippen LogP contribution in [-0.2, 0) is 14.6 Å². The van der Waals surface area contributed by atoms with Crippen LogP contribution in [0, 0.1) is 0 Å². The maximum Gasteiger partial charge on any atom is 0.356 e. The number of rotatable bonds is 10. The van der Waals surface area contributed by atoms with Crippen molar-refractivity contribution in [1.82, 2.24) is 20.9 Å². The van der Waals surface area contributed by atoms with E-state index in [1.165, 1.54) is 4.90 Å². The Kier molecular flexibility index (Phi) is 9.46. The van der Waals surface area contributed by atoms with Crippen LogP contribution in [-0.4, -0.2) is 64.6 Å². The zero-order chi connectivity index (χ0) is 28.9. The van der Waals surface area contributed by atoms with E-state index in [-0.39, 0.29) is 29.8 Å². The maximum absolute atomic E-state index is 13.8. The molecule has 2 fully saturated rings. The fourth-order valence-corrected chi connectivity index (χ4v) is 7.56. The molecule has 0 aliphatic carbocycles. The maximum atomic E-state index is 13.8. The number of nitrogens with zero attached hydrogens (tertiary/aromatic N) is 1. The molecule has 2 aliphatic heterocycles. The standard InChI is InChI=1S/C29H39N4O6P/c1-3-16-31-26(34)21-9-7-20(8-10-21)24-15-19-33(28(36)25-6-5-18-30-25)29(24,40(37,38)39)23-13-11-22(12-14-23)27(35)32-17-4-2/h7-14,24-25,30H,3-6,15-19H2,1-2H3,(H,31,34)(H,32,35)(H2,37,38,39)/t24?,25-,29?/m0/s1. The van der Waals surface area contributed by atoms with E-state index in [1.807, 2.05) is 13.8 Å². The Bertz CT molecular complexity index is 1260. The van der Waals surface area contributed by atoms with E-state index in [9.17, 15) is 28.7 Å². The predicted octanol–water partition coefficient (Wildman–Crippen LogP) is 3.06. The summed E-state index contributed by atoms with van der Waals surface area (Å²) >= 11 is 0. The lowest BCUT2D eigenvalue weighted by molar-refractivity contribution is -0.136. The van der Waals surface area contributed by atoms with Gasteiger partial charge in [-0.05, 0) is 74.0 Å². The minimum atomic E-state index is -5.04. The van der Waals surface area contributed by atoms with E-state index in [1.54, 1.807) is 48.5 Å². The Morgan fingerprint density at radius 1 is 0.925 bits per heavy atom. The summed E-state index contributed by atoms with van der Waals surface area (Å²) in [5, 5.41) is 6.83. The number of nitrogens with one attached hydrogen (secondary N) is 3. The number of hydrogen-bond donors (Lipinski definition) is 5. The van der Waals surface area contributed by atoms with Crippen LogP contribution in [0.4, 0.5) is 0 Å². The van der Waals surface area contributed by atoms with Crippen LogP contribution in [0.2, 0.25) is 0 Å². The van der Waals surface area contributed by atoms with Gasteiger partial charge in [0.15, 0.2) is 5.28 Å². The summed E-state index contributed by atoms with van der Waals surface area (Å²) in [5.74, 6) is -1.58. The van der Waals surface area contributed by atoms with Crippen LogP contribution in [0.5, 0.6) is 0 Å². The highest BCUT2D eigenvalue weighted by Crippen LogP contribution is 2.68. The average Bonchev–Trinajstić information content (AvgIpc) is 3.64. The lowest BCUT2D eigenvalue weighted by Crippen LogP contribution is -2.52. The van der Waals surface area contributed by atoms with Gasteiger partial charge < -0.3 is 30.6 Å². The topological polar surface area (TPSA) is 148 Å². The summed E-state index contributed by atoms with van der Waals surface area (Å²) in [4.78, 5) is 62.3. The fraction of sp³-hybridized carbons (Fsp3) is 0.483. The van der Waals surface area contributed by atoms with Crippen molar-refractivity contribution in [3.05, 3.63) is 70.8 Å². The van der Waals surface area contributed by atoms with Crippen molar-refractivity contribution in [2.75, 3.05) is 26.2 Å². The molecule has 4 rings (SSSR count). The van der Waals surface area contributed by atoms with E-state index >= 15 is 0 Å². The van der Waals surface area contributed by atoms with Crippen LogP contribution in [0.1, 0.15) is 83.7 Å². The molecule has 0 saturated carbocycles. The first-order valence-corrected chi connectivity index (χ1v) is 15.6. The van der Waals surface area contributed by atoms with Crippen molar-refractivity contribution in [3.63, 3.8) is 0 Å². The summed E-state index contributed by atoms with van der Waals surface area (Å²) in [6.07, 6.45) is 3.30. The van der Waals surface area contributed by atoms with Crippen LogP contribution in [0.15, 0.2) is 48.5 Å². The largest absolute Gasteiger partial charge is 0.356 e. The van der Waals surface area contributed by atoms with Gasteiger partial charge in [-0.15, -0.1) is 0 Å². The molecule has 2 heterocycles. The molecule has 40 heavy (non-hydrogen) atoms. The second kappa shape index (κ2) is 12.6. The fourth-order valence-electron chi connectivity index (χ4n) is 5.88. The van der Waals surface area contributed by atoms with Crippen molar-refractivity contribution in [1.29, 1.82) is 0 Å². The highest BCUT2D eigenvalue weighted by molar-refractivity contribution is 7.53. The van der Waals surface area contributed by atoms with Gasteiger partial charge in [-0.1, -0.05) is 38.1 Å². The van der Waals surface area contributed by atoms with Gasteiger partial charge in [0.1, 0.15) is 0 Å². The molecule has 0 radical (unpaired) electrons. The second-order valence-electron chi connectivity index (χ2n) is 10.5. The van der Waals surface area contributed by atoms with E-state index < -0.39 is 24.8 Å². The van der Waals surface area contributed by atoms with Gasteiger partial charge >= 0.3 is 7.60 Å². The molecule has 0 spiro atoms. The third-order valence-electron chi connectivity index (χ3n) is 7.83. The molecule has 11 heteroatoms. The van der Waals surface area contributed by atoms with Crippen LogP contribution < -0.4 is 16.0 Å². The van der Waals surface area contributed by atoms with E-state index in [4.69, 9.17) is 0 Å². The molecule has 10 nitrogen and oxygen atoms in total. The summed E-state index contributed by atoms with van der Waals surface area (Å²) in [6, 6.07) is 12.4. The van der Waals surface area contributed by atoms with Crippen LogP contribution in [0.3, 0.4) is 0 Å². The summed E-state index contributed by atoms with van der Waals surface area (Å²) in [7, 11) is -5.04. The number of carbonyl (C=O) groups is 3. The number of benzene rings is 2. The van der Waals surface area contributed by atoms with E-state index in [0.29, 0.717) is 49.2 Å². The molecule has 2 aromatic carbocycles. The molecule has 216 valence electrons. The average molecular weight is 571 g/mol.